The van der Waals surface area contributed by atoms with E-state index in [4.69, 9.17) is 5.73 Å². The molecule has 1 aliphatic rings. The molecule has 0 heterocycles. The molecule has 1 aliphatic carbocycles. The number of allylic oxidation sites excluding steroid dienone is 1. The van der Waals surface area contributed by atoms with Crippen molar-refractivity contribution in [1.82, 2.24) is 0 Å². The fourth-order valence-corrected chi connectivity index (χ4v) is 2.80. The second-order valence-electron chi connectivity index (χ2n) is 5.59. The Labute approximate surface area is 105 Å². The summed E-state index contributed by atoms with van der Waals surface area (Å²) in [6, 6.07) is 11.1. The highest BCUT2D eigenvalue weighted by Crippen LogP contribution is 2.40. The Hall–Kier alpha value is -1.08. The zero-order chi connectivity index (χ0) is 12.4. The Morgan fingerprint density at radius 3 is 2.35 bits per heavy atom. The van der Waals surface area contributed by atoms with Crippen LogP contribution in [0, 0.1) is 5.92 Å². The molecule has 1 aromatic rings. The van der Waals surface area contributed by atoms with E-state index in [1.54, 1.807) is 0 Å². The van der Waals surface area contributed by atoms with E-state index in [9.17, 15) is 0 Å². The summed E-state index contributed by atoms with van der Waals surface area (Å²) in [5.74, 6) is 1.19. The zero-order valence-electron chi connectivity index (χ0n) is 11.1. The first kappa shape index (κ1) is 12.4. The fraction of sp³-hybridized carbons (Fsp3) is 0.500. The van der Waals surface area contributed by atoms with E-state index in [0.29, 0.717) is 11.8 Å². The zero-order valence-corrected chi connectivity index (χ0v) is 11.1. The van der Waals surface area contributed by atoms with Crippen LogP contribution in [0.25, 0.3) is 0 Å². The van der Waals surface area contributed by atoms with Crippen molar-refractivity contribution in [2.45, 2.75) is 45.6 Å². The van der Waals surface area contributed by atoms with Crippen LogP contribution in [0.1, 0.15) is 45.1 Å². The molecule has 0 fully saturated rings. The summed E-state index contributed by atoms with van der Waals surface area (Å²) in [4.78, 5) is 0. The molecule has 0 saturated heterocycles. The maximum atomic E-state index is 6.29. The van der Waals surface area contributed by atoms with E-state index in [0.717, 1.165) is 6.42 Å². The van der Waals surface area contributed by atoms with Crippen LogP contribution in [0.4, 0.5) is 0 Å². The molecule has 2 rings (SSSR count). The Bertz CT molecular complexity index is 403. The molecule has 1 aromatic carbocycles. The van der Waals surface area contributed by atoms with Gasteiger partial charge in [0.05, 0.1) is 0 Å². The minimum absolute atomic E-state index is 0.240. The molecule has 0 saturated carbocycles. The first-order valence-electron chi connectivity index (χ1n) is 6.58. The van der Waals surface area contributed by atoms with Gasteiger partial charge in [0.1, 0.15) is 0 Å². The summed E-state index contributed by atoms with van der Waals surface area (Å²) < 4.78 is 0. The standard InChI is InChI=1S/C16H23N/c1-11(2)16(17)15-10-14(9-12(15)3)13-7-5-4-6-8-13/h4-8,11,14,16H,9-10,17H2,1-3H3/t14-,16?/m0/s1. The number of benzene rings is 1. The first-order chi connectivity index (χ1) is 8.09. The molecule has 0 bridgehead atoms. The van der Waals surface area contributed by atoms with Crippen LogP contribution >= 0.6 is 0 Å². The Kier molecular flexibility index (Phi) is 3.68. The summed E-state index contributed by atoms with van der Waals surface area (Å²) in [7, 11) is 0. The van der Waals surface area contributed by atoms with Crippen molar-refractivity contribution in [1.29, 1.82) is 0 Å². The van der Waals surface area contributed by atoms with Gasteiger partial charge >= 0.3 is 0 Å². The van der Waals surface area contributed by atoms with Gasteiger partial charge in [-0.3, -0.25) is 0 Å². The van der Waals surface area contributed by atoms with Gasteiger partial charge in [0.2, 0.25) is 0 Å². The van der Waals surface area contributed by atoms with E-state index >= 15 is 0 Å². The minimum atomic E-state index is 0.240. The lowest BCUT2D eigenvalue weighted by Gasteiger charge is -2.19. The molecule has 1 heteroatoms. The highest BCUT2D eigenvalue weighted by molar-refractivity contribution is 5.33. The molecule has 2 N–H and O–H groups in total. The molecule has 17 heavy (non-hydrogen) atoms. The molecule has 1 nitrogen and oxygen atoms in total. The van der Waals surface area contributed by atoms with Crippen molar-refractivity contribution in [3.8, 4) is 0 Å². The van der Waals surface area contributed by atoms with Crippen LogP contribution in [0.3, 0.4) is 0 Å². The van der Waals surface area contributed by atoms with Gasteiger partial charge in [-0.1, -0.05) is 55.3 Å². The van der Waals surface area contributed by atoms with Crippen molar-refractivity contribution in [2.75, 3.05) is 0 Å². The predicted octanol–water partition coefficient (Wildman–Crippen LogP) is 3.86. The largest absolute Gasteiger partial charge is 0.324 e. The van der Waals surface area contributed by atoms with E-state index in [1.165, 1.54) is 23.1 Å². The number of nitrogens with two attached hydrogens (primary N) is 1. The van der Waals surface area contributed by atoms with Crippen molar-refractivity contribution in [3.63, 3.8) is 0 Å². The molecule has 0 spiro atoms. The lowest BCUT2D eigenvalue weighted by Crippen LogP contribution is -2.28. The smallest absolute Gasteiger partial charge is 0.0279 e. The molecule has 2 atom stereocenters. The quantitative estimate of drug-likeness (QED) is 0.782. The third-order valence-corrected chi connectivity index (χ3v) is 3.96. The summed E-state index contributed by atoms with van der Waals surface area (Å²) >= 11 is 0. The van der Waals surface area contributed by atoms with Gasteiger partial charge in [-0.25, -0.2) is 0 Å². The highest BCUT2D eigenvalue weighted by Gasteiger charge is 2.27. The lowest BCUT2D eigenvalue weighted by molar-refractivity contribution is 0.532. The topological polar surface area (TPSA) is 26.0 Å². The monoisotopic (exact) mass is 229 g/mol. The summed E-state index contributed by atoms with van der Waals surface area (Å²) in [5.41, 5.74) is 10.8. The fourth-order valence-electron chi connectivity index (χ4n) is 2.80. The average molecular weight is 229 g/mol. The lowest BCUT2D eigenvalue weighted by atomic mass is 9.91. The van der Waals surface area contributed by atoms with Crippen LogP contribution in [0.15, 0.2) is 41.5 Å². The molecule has 0 amide bonds. The predicted molar refractivity (Wildman–Crippen MR) is 73.9 cm³/mol. The summed E-state index contributed by atoms with van der Waals surface area (Å²) in [6.07, 6.45) is 2.33. The highest BCUT2D eigenvalue weighted by atomic mass is 14.7. The first-order valence-corrected chi connectivity index (χ1v) is 6.58. The van der Waals surface area contributed by atoms with Crippen molar-refractivity contribution in [2.24, 2.45) is 11.7 Å². The third-order valence-electron chi connectivity index (χ3n) is 3.96. The van der Waals surface area contributed by atoms with Crippen LogP contribution in [-0.2, 0) is 0 Å². The molecule has 92 valence electrons. The Balaban J connectivity index is 2.12. The molecule has 0 aliphatic heterocycles. The maximum Gasteiger partial charge on any atom is 0.0279 e. The molecule has 0 aromatic heterocycles. The van der Waals surface area contributed by atoms with Crippen LogP contribution in [0.2, 0.25) is 0 Å². The minimum Gasteiger partial charge on any atom is -0.324 e. The van der Waals surface area contributed by atoms with E-state index in [2.05, 4.69) is 51.1 Å². The molecule has 0 radical (unpaired) electrons. The van der Waals surface area contributed by atoms with Crippen LogP contribution in [0.5, 0.6) is 0 Å². The summed E-state index contributed by atoms with van der Waals surface area (Å²) in [5, 5.41) is 0. The second kappa shape index (κ2) is 5.05. The Morgan fingerprint density at radius 2 is 1.76 bits per heavy atom. The van der Waals surface area contributed by atoms with Gasteiger partial charge in [0.25, 0.3) is 0 Å². The van der Waals surface area contributed by atoms with Gasteiger partial charge in [0, 0.05) is 6.04 Å². The van der Waals surface area contributed by atoms with Crippen molar-refractivity contribution < 1.29 is 0 Å². The number of rotatable bonds is 3. The van der Waals surface area contributed by atoms with Gasteiger partial charge in [-0.05, 0) is 37.2 Å². The molecular weight excluding hydrogens is 206 g/mol. The SMILES string of the molecule is CC1=C(C(N)C(C)C)C[C@@H](c2ccccc2)C1. The van der Waals surface area contributed by atoms with Crippen LogP contribution in [-0.4, -0.2) is 6.04 Å². The van der Waals surface area contributed by atoms with Gasteiger partial charge < -0.3 is 5.73 Å². The van der Waals surface area contributed by atoms with Crippen molar-refractivity contribution >= 4 is 0 Å². The van der Waals surface area contributed by atoms with E-state index in [-0.39, 0.29) is 6.04 Å². The molecule has 1 unspecified atom stereocenters. The van der Waals surface area contributed by atoms with Crippen molar-refractivity contribution in [3.05, 3.63) is 47.0 Å². The summed E-state index contributed by atoms with van der Waals surface area (Å²) in [6.45, 7) is 6.67. The van der Waals surface area contributed by atoms with Gasteiger partial charge in [0.15, 0.2) is 0 Å². The van der Waals surface area contributed by atoms with E-state index < -0.39 is 0 Å². The van der Waals surface area contributed by atoms with Gasteiger partial charge in [-0.2, -0.15) is 0 Å². The average Bonchev–Trinajstić information content (AvgIpc) is 2.71. The molecular formula is C16H23N. The third kappa shape index (κ3) is 2.61. The van der Waals surface area contributed by atoms with Gasteiger partial charge in [-0.15, -0.1) is 0 Å². The Morgan fingerprint density at radius 1 is 1.12 bits per heavy atom. The number of hydrogen-bond donors (Lipinski definition) is 1. The van der Waals surface area contributed by atoms with Crippen LogP contribution < -0.4 is 5.73 Å². The normalized spacial score (nSPS) is 22.3. The second-order valence-corrected chi connectivity index (χ2v) is 5.59. The number of hydrogen-bond acceptors (Lipinski definition) is 1. The van der Waals surface area contributed by atoms with E-state index in [1.807, 2.05) is 0 Å². The maximum absolute atomic E-state index is 6.29.